The van der Waals surface area contributed by atoms with Gasteiger partial charge in [-0.25, -0.2) is 0 Å². The van der Waals surface area contributed by atoms with Crippen molar-refractivity contribution in [3.63, 3.8) is 0 Å². The Morgan fingerprint density at radius 1 is 1.07 bits per heavy atom. The van der Waals surface area contributed by atoms with Crippen molar-refractivity contribution >= 4 is 10.1 Å². The molecule has 0 spiro atoms. The highest BCUT2D eigenvalue weighted by molar-refractivity contribution is 7.85. The molecule has 0 heterocycles. The standard InChI is InChI=1S/C7H8O3S.C2H6.CH4/c1-6-2-4-7(5-3-6)11(8,9)10;1-2;/h2-5H,1H3,(H,8,9,10);1-2H3;1H4. The average molecular weight is 218 g/mol. The maximum atomic E-state index is 10.5. The van der Waals surface area contributed by atoms with E-state index in [1.807, 2.05) is 20.8 Å². The summed E-state index contributed by atoms with van der Waals surface area (Å²) in [5.41, 5.74) is 0.956. The molecular weight excluding hydrogens is 200 g/mol. The van der Waals surface area contributed by atoms with E-state index in [1.54, 1.807) is 12.1 Å². The predicted molar refractivity (Wildman–Crippen MR) is 59.1 cm³/mol. The van der Waals surface area contributed by atoms with Gasteiger partial charge >= 0.3 is 0 Å². The summed E-state index contributed by atoms with van der Waals surface area (Å²) in [6, 6.07) is 5.99. The van der Waals surface area contributed by atoms with Crippen molar-refractivity contribution in [2.75, 3.05) is 0 Å². The Kier molecular flexibility index (Phi) is 7.31. The average Bonchev–Trinajstić information content (AvgIpc) is 2.07. The number of benzene rings is 1. The molecule has 0 aliphatic carbocycles. The summed E-state index contributed by atoms with van der Waals surface area (Å²) in [5, 5.41) is 0. The lowest BCUT2D eigenvalue weighted by molar-refractivity contribution is 0.483. The summed E-state index contributed by atoms with van der Waals surface area (Å²) in [4.78, 5) is -0.0666. The SMILES string of the molecule is C.CC.Cc1ccc(S(=O)(=O)O)cc1. The minimum absolute atomic E-state index is 0. The first-order chi connectivity index (χ1) is 6.00. The van der Waals surface area contributed by atoms with Crippen LogP contribution in [0.5, 0.6) is 0 Å². The molecule has 0 amide bonds. The van der Waals surface area contributed by atoms with Gasteiger partial charge in [0.15, 0.2) is 0 Å². The zero-order valence-corrected chi connectivity index (χ0v) is 8.80. The fourth-order valence-electron chi connectivity index (χ4n) is 0.710. The van der Waals surface area contributed by atoms with E-state index >= 15 is 0 Å². The van der Waals surface area contributed by atoms with Crippen LogP contribution in [0.4, 0.5) is 0 Å². The molecule has 82 valence electrons. The van der Waals surface area contributed by atoms with Crippen LogP contribution in [0.15, 0.2) is 29.2 Å². The summed E-state index contributed by atoms with van der Waals surface area (Å²) >= 11 is 0. The molecule has 4 heteroatoms. The van der Waals surface area contributed by atoms with E-state index in [9.17, 15) is 8.42 Å². The Bertz CT molecular complexity index is 338. The summed E-state index contributed by atoms with van der Waals surface area (Å²) in [6.07, 6.45) is 0. The fraction of sp³-hybridized carbons (Fsp3) is 0.400. The molecule has 1 rings (SSSR count). The van der Waals surface area contributed by atoms with E-state index in [4.69, 9.17) is 4.55 Å². The highest BCUT2D eigenvalue weighted by Crippen LogP contribution is 2.08. The zero-order valence-electron chi connectivity index (χ0n) is 7.98. The monoisotopic (exact) mass is 218 g/mol. The molecule has 0 unspecified atom stereocenters. The molecule has 0 radical (unpaired) electrons. The van der Waals surface area contributed by atoms with Crippen LogP contribution in [0, 0.1) is 6.92 Å². The number of hydrogen-bond acceptors (Lipinski definition) is 2. The molecule has 0 atom stereocenters. The first kappa shape index (κ1) is 15.6. The van der Waals surface area contributed by atoms with Crippen molar-refractivity contribution in [3.8, 4) is 0 Å². The summed E-state index contributed by atoms with van der Waals surface area (Å²) in [5.74, 6) is 0. The first-order valence-electron chi connectivity index (χ1n) is 4.04. The first-order valence-corrected chi connectivity index (χ1v) is 5.48. The second-order valence-electron chi connectivity index (χ2n) is 2.29. The summed E-state index contributed by atoms with van der Waals surface area (Å²) in [6.45, 7) is 5.84. The Morgan fingerprint density at radius 3 is 1.71 bits per heavy atom. The van der Waals surface area contributed by atoms with E-state index in [0.29, 0.717) is 0 Å². The van der Waals surface area contributed by atoms with E-state index < -0.39 is 10.1 Å². The van der Waals surface area contributed by atoms with Gasteiger partial charge in [-0.2, -0.15) is 8.42 Å². The molecule has 0 fully saturated rings. The molecule has 1 N–H and O–H groups in total. The molecule has 14 heavy (non-hydrogen) atoms. The van der Waals surface area contributed by atoms with E-state index in [2.05, 4.69) is 0 Å². The third kappa shape index (κ3) is 4.99. The molecule has 0 bridgehead atoms. The van der Waals surface area contributed by atoms with Crippen LogP contribution in [0.1, 0.15) is 26.8 Å². The van der Waals surface area contributed by atoms with Crippen molar-refractivity contribution < 1.29 is 13.0 Å². The molecular formula is C10H18O3S. The second-order valence-corrected chi connectivity index (χ2v) is 3.71. The summed E-state index contributed by atoms with van der Waals surface area (Å²) in [7, 11) is -4.02. The van der Waals surface area contributed by atoms with Gasteiger partial charge in [-0.1, -0.05) is 39.0 Å². The minimum atomic E-state index is -4.02. The number of aryl methyl sites for hydroxylation is 1. The van der Waals surface area contributed by atoms with E-state index in [-0.39, 0.29) is 12.3 Å². The third-order valence-electron chi connectivity index (χ3n) is 1.32. The van der Waals surface area contributed by atoms with Crippen LogP contribution in [-0.2, 0) is 10.1 Å². The van der Waals surface area contributed by atoms with Crippen LogP contribution >= 0.6 is 0 Å². The molecule has 0 aromatic heterocycles. The van der Waals surface area contributed by atoms with Crippen LogP contribution in [0.25, 0.3) is 0 Å². The zero-order chi connectivity index (χ0) is 10.5. The molecule has 0 aliphatic heterocycles. The summed E-state index contributed by atoms with van der Waals surface area (Å²) < 4.78 is 29.6. The van der Waals surface area contributed by atoms with Crippen molar-refractivity contribution in [2.45, 2.75) is 33.1 Å². The number of rotatable bonds is 1. The second kappa shape index (κ2) is 6.56. The molecule has 0 saturated carbocycles. The smallest absolute Gasteiger partial charge is 0.282 e. The lowest BCUT2D eigenvalue weighted by Crippen LogP contribution is -1.96. The van der Waals surface area contributed by atoms with Gasteiger partial charge in [0.2, 0.25) is 0 Å². The van der Waals surface area contributed by atoms with E-state index in [1.165, 1.54) is 12.1 Å². The molecule has 0 saturated heterocycles. The maximum Gasteiger partial charge on any atom is 0.294 e. The largest absolute Gasteiger partial charge is 0.294 e. The van der Waals surface area contributed by atoms with Gasteiger partial charge < -0.3 is 0 Å². The quantitative estimate of drug-likeness (QED) is 0.737. The maximum absolute atomic E-state index is 10.5. The Morgan fingerprint density at radius 2 is 1.43 bits per heavy atom. The van der Waals surface area contributed by atoms with Crippen molar-refractivity contribution in [3.05, 3.63) is 29.8 Å². The van der Waals surface area contributed by atoms with Crippen molar-refractivity contribution in [1.29, 1.82) is 0 Å². The van der Waals surface area contributed by atoms with Crippen LogP contribution < -0.4 is 0 Å². The van der Waals surface area contributed by atoms with Gasteiger partial charge in [0.1, 0.15) is 0 Å². The minimum Gasteiger partial charge on any atom is -0.282 e. The van der Waals surface area contributed by atoms with Gasteiger partial charge in [-0.15, -0.1) is 0 Å². The van der Waals surface area contributed by atoms with Gasteiger partial charge in [-0.3, -0.25) is 4.55 Å². The van der Waals surface area contributed by atoms with Gasteiger partial charge in [0.25, 0.3) is 10.1 Å². The highest BCUT2D eigenvalue weighted by Gasteiger charge is 2.06. The Balaban J connectivity index is 0. The lowest BCUT2D eigenvalue weighted by Gasteiger charge is -1.95. The Labute approximate surface area is 86.5 Å². The lowest BCUT2D eigenvalue weighted by atomic mass is 10.2. The van der Waals surface area contributed by atoms with Gasteiger partial charge in [0, 0.05) is 0 Å². The number of hydrogen-bond donors (Lipinski definition) is 1. The molecule has 0 aliphatic rings. The normalized spacial score (nSPS) is 9.43. The Hall–Kier alpha value is -0.870. The molecule has 1 aromatic rings. The topological polar surface area (TPSA) is 54.4 Å². The van der Waals surface area contributed by atoms with Crippen LogP contribution in [-0.4, -0.2) is 13.0 Å². The van der Waals surface area contributed by atoms with Gasteiger partial charge in [0.05, 0.1) is 4.90 Å². The molecule has 1 aromatic carbocycles. The van der Waals surface area contributed by atoms with Crippen molar-refractivity contribution in [2.24, 2.45) is 0 Å². The van der Waals surface area contributed by atoms with Crippen molar-refractivity contribution in [1.82, 2.24) is 0 Å². The van der Waals surface area contributed by atoms with Crippen LogP contribution in [0.2, 0.25) is 0 Å². The van der Waals surface area contributed by atoms with Crippen LogP contribution in [0.3, 0.4) is 0 Å². The third-order valence-corrected chi connectivity index (χ3v) is 2.19. The van der Waals surface area contributed by atoms with Gasteiger partial charge in [-0.05, 0) is 19.1 Å². The van der Waals surface area contributed by atoms with E-state index in [0.717, 1.165) is 5.56 Å². The fourth-order valence-corrected chi connectivity index (χ4v) is 1.19. The molecule has 3 nitrogen and oxygen atoms in total. The predicted octanol–water partition coefficient (Wildman–Crippen LogP) is 2.90. The highest BCUT2D eigenvalue weighted by atomic mass is 32.2.